The largest absolute Gasteiger partial charge is 0.377 e. The van der Waals surface area contributed by atoms with Crippen LogP contribution in [0.5, 0.6) is 0 Å². The molecule has 0 aliphatic carbocycles. The van der Waals surface area contributed by atoms with Crippen LogP contribution in [-0.2, 0) is 4.74 Å². The minimum absolute atomic E-state index is 0.231. The van der Waals surface area contributed by atoms with Crippen LogP contribution in [0.1, 0.15) is 0 Å². The highest BCUT2D eigenvalue weighted by molar-refractivity contribution is 9.10. The molecular weight excluding hydrogens is 279 g/mol. The van der Waals surface area contributed by atoms with Crippen LogP contribution >= 0.6 is 27.5 Å². The molecule has 0 amide bonds. The highest BCUT2D eigenvalue weighted by Crippen LogP contribution is 2.19. The van der Waals surface area contributed by atoms with Gasteiger partial charge in [0, 0.05) is 23.1 Å². The van der Waals surface area contributed by atoms with Gasteiger partial charge < -0.3 is 9.64 Å². The molecule has 1 aliphatic rings. The van der Waals surface area contributed by atoms with Crippen LogP contribution in [0.2, 0.25) is 0 Å². The number of halogens is 2. The van der Waals surface area contributed by atoms with E-state index in [0.29, 0.717) is 12.5 Å². The molecule has 1 fully saturated rings. The van der Waals surface area contributed by atoms with Crippen LogP contribution in [0.15, 0.2) is 22.8 Å². The summed E-state index contributed by atoms with van der Waals surface area (Å²) in [5.41, 5.74) is 0. The van der Waals surface area contributed by atoms with Crippen LogP contribution in [0, 0.1) is 0 Å². The van der Waals surface area contributed by atoms with Crippen molar-refractivity contribution in [2.75, 3.05) is 30.5 Å². The number of hydrogen-bond acceptors (Lipinski definition) is 3. The second-order valence-corrected chi connectivity index (χ2v) is 4.64. The Kier molecular flexibility index (Phi) is 3.83. The van der Waals surface area contributed by atoms with Crippen molar-refractivity contribution >= 4 is 33.3 Å². The number of anilines is 1. The van der Waals surface area contributed by atoms with E-state index in [4.69, 9.17) is 16.3 Å². The summed E-state index contributed by atoms with van der Waals surface area (Å²) in [7, 11) is 0. The van der Waals surface area contributed by atoms with Crippen molar-refractivity contribution < 1.29 is 4.74 Å². The van der Waals surface area contributed by atoms with Crippen LogP contribution in [-0.4, -0.2) is 36.7 Å². The Labute approximate surface area is 103 Å². The third-order valence-corrected chi connectivity index (χ3v) is 3.24. The fourth-order valence-corrected chi connectivity index (χ4v) is 2.11. The topological polar surface area (TPSA) is 25.4 Å². The van der Waals surface area contributed by atoms with Crippen LogP contribution in [0.3, 0.4) is 0 Å². The summed E-state index contributed by atoms with van der Waals surface area (Å²) in [6.07, 6.45) is 1.80. The molecule has 2 heterocycles. The van der Waals surface area contributed by atoms with Gasteiger partial charge in [-0.05, 0) is 28.1 Å². The zero-order valence-corrected chi connectivity index (χ0v) is 10.5. The van der Waals surface area contributed by atoms with E-state index in [1.165, 1.54) is 0 Å². The maximum Gasteiger partial charge on any atom is 0.128 e. The molecule has 1 unspecified atom stereocenters. The Balaban J connectivity index is 2.16. The van der Waals surface area contributed by atoms with Crippen molar-refractivity contribution in [2.24, 2.45) is 0 Å². The second-order valence-electron chi connectivity index (χ2n) is 3.41. The van der Waals surface area contributed by atoms with E-state index in [0.717, 1.165) is 23.4 Å². The lowest BCUT2D eigenvalue weighted by Crippen LogP contribution is -2.47. The Morgan fingerprint density at radius 3 is 3.13 bits per heavy atom. The molecule has 1 saturated heterocycles. The van der Waals surface area contributed by atoms with Gasteiger partial charge >= 0.3 is 0 Å². The summed E-state index contributed by atoms with van der Waals surface area (Å²) in [5.74, 6) is 1.53. The van der Waals surface area contributed by atoms with Gasteiger partial charge in [-0.2, -0.15) is 0 Å². The molecule has 1 aromatic heterocycles. The molecular formula is C10H12BrClN2O. The summed E-state index contributed by atoms with van der Waals surface area (Å²) in [4.78, 5) is 6.56. The van der Waals surface area contributed by atoms with Crippen LogP contribution in [0.25, 0.3) is 0 Å². The second kappa shape index (κ2) is 5.14. The zero-order valence-electron chi connectivity index (χ0n) is 8.20. The molecule has 0 bridgehead atoms. The maximum atomic E-state index is 5.90. The predicted molar refractivity (Wildman–Crippen MR) is 64.6 cm³/mol. The third kappa shape index (κ3) is 2.62. The smallest absolute Gasteiger partial charge is 0.128 e. The van der Waals surface area contributed by atoms with Gasteiger partial charge in [0.15, 0.2) is 0 Å². The van der Waals surface area contributed by atoms with Crippen LogP contribution < -0.4 is 4.90 Å². The molecule has 0 N–H and O–H groups in total. The number of nitrogens with zero attached hydrogens (tertiary/aromatic N) is 2. The summed E-state index contributed by atoms with van der Waals surface area (Å²) in [5, 5.41) is 0. The number of pyridine rings is 1. The van der Waals surface area contributed by atoms with Gasteiger partial charge in [0.05, 0.1) is 19.3 Å². The first-order chi connectivity index (χ1) is 7.31. The Bertz CT molecular complexity index is 320. The summed E-state index contributed by atoms with van der Waals surface area (Å²) < 4.78 is 6.37. The molecule has 1 atom stereocenters. The van der Waals surface area contributed by atoms with E-state index >= 15 is 0 Å². The molecule has 1 aliphatic heterocycles. The van der Waals surface area contributed by atoms with E-state index in [9.17, 15) is 0 Å². The van der Waals surface area contributed by atoms with Gasteiger partial charge in [0.25, 0.3) is 0 Å². The third-order valence-electron chi connectivity index (χ3n) is 2.41. The van der Waals surface area contributed by atoms with Crippen molar-refractivity contribution in [3.63, 3.8) is 0 Å². The number of hydrogen-bond donors (Lipinski definition) is 0. The monoisotopic (exact) mass is 290 g/mol. The van der Waals surface area contributed by atoms with Gasteiger partial charge in [0.2, 0.25) is 0 Å². The Hall–Kier alpha value is -0.320. The average molecular weight is 292 g/mol. The highest BCUT2D eigenvalue weighted by Gasteiger charge is 2.22. The molecule has 0 radical (unpaired) electrons. The fourth-order valence-electron chi connectivity index (χ4n) is 1.62. The molecule has 2 rings (SSSR count). The summed E-state index contributed by atoms with van der Waals surface area (Å²) in [6, 6.07) is 4.21. The van der Waals surface area contributed by atoms with E-state index in [1.54, 1.807) is 6.20 Å². The quantitative estimate of drug-likeness (QED) is 0.782. The Morgan fingerprint density at radius 1 is 1.60 bits per heavy atom. The lowest BCUT2D eigenvalue weighted by atomic mass is 10.2. The van der Waals surface area contributed by atoms with Gasteiger partial charge in [-0.15, -0.1) is 11.6 Å². The number of morpholine rings is 1. The number of aromatic nitrogens is 1. The van der Waals surface area contributed by atoms with Gasteiger partial charge in [-0.25, -0.2) is 4.98 Å². The normalized spacial score (nSPS) is 21.7. The average Bonchev–Trinajstić information content (AvgIpc) is 2.30. The SMILES string of the molecule is ClCC1COCCN1c1ccc(Br)cn1. The van der Waals surface area contributed by atoms with Crippen molar-refractivity contribution in [2.45, 2.75) is 6.04 Å². The summed E-state index contributed by atoms with van der Waals surface area (Å²) in [6.45, 7) is 2.28. The molecule has 15 heavy (non-hydrogen) atoms. The lowest BCUT2D eigenvalue weighted by Gasteiger charge is -2.35. The van der Waals surface area contributed by atoms with E-state index in [-0.39, 0.29) is 6.04 Å². The Morgan fingerprint density at radius 2 is 2.47 bits per heavy atom. The van der Waals surface area contributed by atoms with Gasteiger partial charge in [0.1, 0.15) is 5.82 Å². The number of alkyl halides is 1. The molecule has 0 saturated carbocycles. The molecule has 0 spiro atoms. The first-order valence-electron chi connectivity index (χ1n) is 4.83. The maximum absolute atomic E-state index is 5.90. The van der Waals surface area contributed by atoms with Gasteiger partial charge in [-0.1, -0.05) is 0 Å². The van der Waals surface area contributed by atoms with Crippen LogP contribution in [0.4, 0.5) is 5.82 Å². The summed E-state index contributed by atoms with van der Waals surface area (Å²) >= 11 is 9.27. The number of ether oxygens (including phenoxy) is 1. The minimum atomic E-state index is 0.231. The van der Waals surface area contributed by atoms with Crippen molar-refractivity contribution in [1.82, 2.24) is 4.98 Å². The molecule has 82 valence electrons. The number of rotatable bonds is 2. The fraction of sp³-hybridized carbons (Fsp3) is 0.500. The highest BCUT2D eigenvalue weighted by atomic mass is 79.9. The van der Waals surface area contributed by atoms with Gasteiger partial charge in [-0.3, -0.25) is 0 Å². The minimum Gasteiger partial charge on any atom is -0.377 e. The zero-order chi connectivity index (χ0) is 10.7. The standard InChI is InChI=1S/C10H12BrClN2O/c11-8-1-2-10(13-6-8)14-3-4-15-7-9(14)5-12/h1-2,6,9H,3-5,7H2. The first kappa shape index (κ1) is 11.2. The molecule has 3 nitrogen and oxygen atoms in total. The van der Waals surface area contributed by atoms with E-state index in [2.05, 4.69) is 25.8 Å². The molecule has 5 heteroatoms. The van der Waals surface area contributed by atoms with Crippen molar-refractivity contribution in [3.8, 4) is 0 Å². The first-order valence-corrected chi connectivity index (χ1v) is 6.16. The lowest BCUT2D eigenvalue weighted by molar-refractivity contribution is 0.0994. The van der Waals surface area contributed by atoms with Crippen molar-refractivity contribution in [1.29, 1.82) is 0 Å². The predicted octanol–water partition coefficient (Wildman–Crippen LogP) is 2.29. The van der Waals surface area contributed by atoms with E-state index in [1.807, 2.05) is 12.1 Å². The molecule has 1 aromatic rings. The van der Waals surface area contributed by atoms with Crippen molar-refractivity contribution in [3.05, 3.63) is 22.8 Å². The molecule has 0 aromatic carbocycles. The van der Waals surface area contributed by atoms with E-state index < -0.39 is 0 Å².